The molecule has 0 fully saturated rings. The van der Waals surface area contributed by atoms with Gasteiger partial charge in [0.15, 0.2) is 6.61 Å². The summed E-state index contributed by atoms with van der Waals surface area (Å²) in [5.74, 6) is -2.28. The number of carbonyl (C=O) groups excluding carboxylic acids is 4. The molecule has 8 nitrogen and oxygen atoms in total. The molecule has 1 aliphatic rings. The molecule has 1 atom stereocenters. The summed E-state index contributed by atoms with van der Waals surface area (Å²) >= 11 is 6.12. The number of fused-ring (bicyclic) bond motifs is 1. The second kappa shape index (κ2) is 9.40. The van der Waals surface area contributed by atoms with E-state index in [1.807, 2.05) is 13.8 Å². The number of amides is 4. The lowest BCUT2D eigenvalue weighted by Gasteiger charge is -2.28. The number of halogens is 1. The third-order valence-electron chi connectivity index (χ3n) is 5.11. The third-order valence-corrected chi connectivity index (χ3v) is 5.70. The van der Waals surface area contributed by atoms with Gasteiger partial charge in [-0.15, -0.1) is 0 Å². The van der Waals surface area contributed by atoms with Gasteiger partial charge < -0.3 is 4.74 Å². The van der Waals surface area contributed by atoms with Gasteiger partial charge in [0.25, 0.3) is 23.6 Å². The van der Waals surface area contributed by atoms with Gasteiger partial charge >= 0.3 is 0 Å². The van der Waals surface area contributed by atoms with Crippen molar-refractivity contribution >= 4 is 35.2 Å². The zero-order valence-electron chi connectivity index (χ0n) is 18.2. The van der Waals surface area contributed by atoms with Crippen molar-refractivity contribution in [3.8, 4) is 5.75 Å². The van der Waals surface area contributed by atoms with Crippen molar-refractivity contribution in [3.63, 3.8) is 0 Å². The number of hydrogen-bond acceptors (Lipinski definition) is 5. The molecule has 1 heterocycles. The van der Waals surface area contributed by atoms with Crippen LogP contribution in [0.15, 0.2) is 36.4 Å². The van der Waals surface area contributed by atoms with Gasteiger partial charge in [0.2, 0.25) is 0 Å². The average molecular weight is 458 g/mol. The van der Waals surface area contributed by atoms with E-state index >= 15 is 0 Å². The first-order chi connectivity index (χ1) is 15.1. The maximum absolute atomic E-state index is 12.8. The highest BCUT2D eigenvalue weighted by Gasteiger charge is 2.43. The van der Waals surface area contributed by atoms with Gasteiger partial charge in [-0.25, -0.2) is 0 Å². The molecule has 0 radical (unpaired) electrons. The van der Waals surface area contributed by atoms with Crippen LogP contribution in [0.1, 0.15) is 45.7 Å². The van der Waals surface area contributed by atoms with E-state index in [2.05, 4.69) is 10.9 Å². The van der Waals surface area contributed by atoms with E-state index < -0.39 is 29.7 Å². The molecule has 9 heteroatoms. The minimum absolute atomic E-state index is 0.252. The molecular weight excluding hydrogens is 434 g/mol. The Bertz CT molecular complexity index is 1040. The maximum Gasteiger partial charge on any atom is 0.276 e. The van der Waals surface area contributed by atoms with Crippen LogP contribution in [0.5, 0.6) is 5.75 Å². The summed E-state index contributed by atoms with van der Waals surface area (Å²) in [6.45, 7) is 6.73. The minimum Gasteiger partial charge on any atom is -0.484 e. The van der Waals surface area contributed by atoms with E-state index in [0.29, 0.717) is 10.8 Å². The van der Waals surface area contributed by atoms with Gasteiger partial charge in [-0.05, 0) is 55.2 Å². The fourth-order valence-electron chi connectivity index (χ4n) is 3.56. The van der Waals surface area contributed by atoms with E-state index in [9.17, 15) is 19.2 Å². The number of aryl methyl sites for hydroxylation is 2. The molecule has 0 spiro atoms. The Kier molecular flexibility index (Phi) is 6.84. The molecular formula is C23H24ClN3O5. The van der Waals surface area contributed by atoms with Crippen molar-refractivity contribution in [3.05, 3.63) is 63.7 Å². The van der Waals surface area contributed by atoms with E-state index in [-0.39, 0.29) is 23.7 Å². The van der Waals surface area contributed by atoms with Gasteiger partial charge in [-0.1, -0.05) is 37.6 Å². The number of benzene rings is 2. The molecule has 1 aliphatic heterocycles. The molecule has 32 heavy (non-hydrogen) atoms. The van der Waals surface area contributed by atoms with Crippen LogP contribution in [0.3, 0.4) is 0 Å². The number of nitrogens with zero attached hydrogens (tertiary/aromatic N) is 1. The van der Waals surface area contributed by atoms with Crippen LogP contribution in [0.2, 0.25) is 5.02 Å². The molecule has 0 saturated carbocycles. The zero-order valence-corrected chi connectivity index (χ0v) is 18.9. The first-order valence-corrected chi connectivity index (χ1v) is 10.4. The predicted octanol–water partition coefficient (Wildman–Crippen LogP) is 2.80. The number of carbonyl (C=O) groups is 4. The van der Waals surface area contributed by atoms with Crippen molar-refractivity contribution in [2.24, 2.45) is 5.92 Å². The monoisotopic (exact) mass is 457 g/mol. The fourth-order valence-corrected chi connectivity index (χ4v) is 3.67. The molecule has 0 bridgehead atoms. The summed E-state index contributed by atoms with van der Waals surface area (Å²) in [6.07, 6.45) is 0. The number of rotatable bonds is 6. The summed E-state index contributed by atoms with van der Waals surface area (Å²) in [7, 11) is 0. The Morgan fingerprint density at radius 3 is 2.03 bits per heavy atom. The summed E-state index contributed by atoms with van der Waals surface area (Å²) in [5.41, 5.74) is 6.69. The fraction of sp³-hybridized carbons (Fsp3) is 0.304. The Morgan fingerprint density at radius 2 is 1.53 bits per heavy atom. The average Bonchev–Trinajstić information content (AvgIpc) is 3.00. The van der Waals surface area contributed by atoms with Gasteiger partial charge in [-0.3, -0.25) is 34.9 Å². The van der Waals surface area contributed by atoms with Crippen molar-refractivity contribution in [2.75, 3.05) is 6.61 Å². The lowest BCUT2D eigenvalue weighted by molar-refractivity contribution is -0.132. The summed E-state index contributed by atoms with van der Waals surface area (Å²) < 4.78 is 5.46. The van der Waals surface area contributed by atoms with E-state index in [4.69, 9.17) is 16.3 Å². The molecule has 4 amide bonds. The molecule has 2 aromatic rings. The minimum atomic E-state index is -1.09. The predicted molar refractivity (Wildman–Crippen MR) is 118 cm³/mol. The highest BCUT2D eigenvalue weighted by molar-refractivity contribution is 6.32. The molecule has 2 N–H and O–H groups in total. The standard InChI is InChI=1S/C23H24ClN3O5/c1-12(2)20(27-22(30)16-7-5-6-8-17(16)23(27)31)21(29)26-25-18(28)11-32-15-9-13(3)19(24)14(4)10-15/h5-10,12,20H,11H2,1-4H3,(H,25,28)(H,26,29). The smallest absolute Gasteiger partial charge is 0.276 e. The summed E-state index contributed by atoms with van der Waals surface area (Å²) in [4.78, 5) is 51.4. The Hall–Kier alpha value is -3.39. The second-order valence-electron chi connectivity index (χ2n) is 7.91. The third kappa shape index (κ3) is 4.60. The van der Waals surface area contributed by atoms with E-state index in [1.165, 1.54) is 0 Å². The van der Waals surface area contributed by atoms with Crippen molar-refractivity contribution in [1.82, 2.24) is 15.8 Å². The van der Waals surface area contributed by atoms with Crippen LogP contribution in [-0.4, -0.2) is 41.2 Å². The first-order valence-electron chi connectivity index (χ1n) is 10.1. The lowest BCUT2D eigenvalue weighted by Crippen LogP contribution is -2.56. The lowest BCUT2D eigenvalue weighted by atomic mass is 10.0. The number of hydrazine groups is 1. The normalized spacial score (nSPS) is 13.8. The van der Waals surface area contributed by atoms with Gasteiger partial charge in [0.05, 0.1) is 11.1 Å². The molecule has 0 aliphatic carbocycles. The van der Waals surface area contributed by atoms with Crippen LogP contribution in [0.4, 0.5) is 0 Å². The Morgan fingerprint density at radius 1 is 1.00 bits per heavy atom. The number of hydrogen-bond donors (Lipinski definition) is 2. The second-order valence-corrected chi connectivity index (χ2v) is 8.29. The number of nitrogens with one attached hydrogen (secondary N) is 2. The molecule has 0 aromatic heterocycles. The molecule has 3 rings (SSSR count). The van der Waals surface area contributed by atoms with Crippen LogP contribution in [-0.2, 0) is 9.59 Å². The molecule has 168 valence electrons. The first kappa shape index (κ1) is 23.3. The Labute approximate surface area is 190 Å². The summed E-state index contributed by atoms with van der Waals surface area (Å²) in [5, 5.41) is 0.627. The zero-order chi connectivity index (χ0) is 23.6. The highest BCUT2D eigenvalue weighted by atomic mass is 35.5. The van der Waals surface area contributed by atoms with E-state index in [0.717, 1.165) is 16.0 Å². The largest absolute Gasteiger partial charge is 0.484 e. The van der Waals surface area contributed by atoms with Crippen LogP contribution in [0.25, 0.3) is 0 Å². The molecule has 1 unspecified atom stereocenters. The number of imide groups is 1. The molecule has 0 saturated heterocycles. The summed E-state index contributed by atoms with van der Waals surface area (Å²) in [6, 6.07) is 8.72. The Balaban J connectivity index is 1.62. The van der Waals surface area contributed by atoms with E-state index in [1.54, 1.807) is 50.2 Å². The maximum atomic E-state index is 12.8. The van der Waals surface area contributed by atoms with Crippen molar-refractivity contribution < 1.29 is 23.9 Å². The SMILES string of the molecule is Cc1cc(OCC(=O)NNC(=O)C(C(C)C)N2C(=O)c3ccccc3C2=O)cc(C)c1Cl. The van der Waals surface area contributed by atoms with Crippen LogP contribution < -0.4 is 15.6 Å². The quantitative estimate of drug-likeness (QED) is 0.512. The van der Waals surface area contributed by atoms with Crippen molar-refractivity contribution in [2.45, 2.75) is 33.7 Å². The van der Waals surface area contributed by atoms with Crippen LogP contribution >= 0.6 is 11.6 Å². The topological polar surface area (TPSA) is 105 Å². The highest BCUT2D eigenvalue weighted by Crippen LogP contribution is 2.27. The molecule has 2 aromatic carbocycles. The van der Waals surface area contributed by atoms with Gasteiger partial charge in [0.1, 0.15) is 11.8 Å². The van der Waals surface area contributed by atoms with Crippen molar-refractivity contribution in [1.29, 1.82) is 0 Å². The number of ether oxygens (including phenoxy) is 1. The van der Waals surface area contributed by atoms with Crippen LogP contribution in [0, 0.1) is 19.8 Å². The van der Waals surface area contributed by atoms with Gasteiger partial charge in [-0.2, -0.15) is 0 Å². The van der Waals surface area contributed by atoms with Gasteiger partial charge in [0, 0.05) is 5.02 Å².